The SMILES string of the molecule is CCCCOc1ccc(C(=O)NCc2c(C)nn(-c3ccccc3)c2C)cc1OC. The van der Waals surface area contributed by atoms with Gasteiger partial charge in [-0.25, -0.2) is 4.68 Å². The molecule has 0 aliphatic carbocycles. The number of unbranched alkanes of at least 4 members (excludes halogenated alkanes) is 1. The second kappa shape index (κ2) is 9.96. The first-order valence-corrected chi connectivity index (χ1v) is 10.2. The van der Waals surface area contributed by atoms with E-state index in [1.165, 1.54) is 0 Å². The lowest BCUT2D eigenvalue weighted by atomic mass is 10.1. The normalized spacial score (nSPS) is 10.7. The van der Waals surface area contributed by atoms with Crippen molar-refractivity contribution >= 4 is 5.91 Å². The van der Waals surface area contributed by atoms with Gasteiger partial charge in [0.2, 0.25) is 0 Å². The zero-order valence-corrected chi connectivity index (χ0v) is 18.1. The molecule has 6 nitrogen and oxygen atoms in total. The van der Waals surface area contributed by atoms with Gasteiger partial charge in [-0.3, -0.25) is 4.79 Å². The van der Waals surface area contributed by atoms with Crippen molar-refractivity contribution in [2.24, 2.45) is 0 Å². The quantitative estimate of drug-likeness (QED) is 0.526. The van der Waals surface area contributed by atoms with E-state index in [1.54, 1.807) is 25.3 Å². The lowest BCUT2D eigenvalue weighted by Gasteiger charge is -2.12. The molecule has 3 rings (SSSR count). The summed E-state index contributed by atoms with van der Waals surface area (Å²) in [4.78, 5) is 12.7. The van der Waals surface area contributed by atoms with Crippen LogP contribution in [-0.2, 0) is 6.54 Å². The molecule has 6 heteroatoms. The number of amides is 1. The highest BCUT2D eigenvalue weighted by Gasteiger charge is 2.15. The molecule has 1 amide bonds. The molecule has 0 radical (unpaired) electrons. The molecule has 3 aromatic rings. The number of benzene rings is 2. The summed E-state index contributed by atoms with van der Waals surface area (Å²) in [6.45, 7) is 7.11. The topological polar surface area (TPSA) is 65.4 Å². The van der Waals surface area contributed by atoms with Crippen LogP contribution in [0.1, 0.15) is 47.1 Å². The van der Waals surface area contributed by atoms with Gasteiger partial charge >= 0.3 is 0 Å². The molecule has 0 fully saturated rings. The number of nitrogens with one attached hydrogen (secondary N) is 1. The summed E-state index contributed by atoms with van der Waals surface area (Å²) in [5, 5.41) is 7.63. The van der Waals surface area contributed by atoms with Crippen molar-refractivity contribution < 1.29 is 14.3 Å². The number of para-hydroxylation sites is 1. The third-order valence-corrected chi connectivity index (χ3v) is 5.05. The second-order valence-electron chi connectivity index (χ2n) is 7.15. The number of carbonyl (C=O) groups excluding carboxylic acids is 1. The molecule has 0 saturated heterocycles. The number of hydrogen-bond donors (Lipinski definition) is 1. The Morgan fingerprint density at radius 2 is 1.87 bits per heavy atom. The lowest BCUT2D eigenvalue weighted by molar-refractivity contribution is 0.0950. The molecule has 2 aromatic carbocycles. The fourth-order valence-electron chi connectivity index (χ4n) is 3.28. The van der Waals surface area contributed by atoms with E-state index in [1.807, 2.05) is 48.9 Å². The summed E-state index contributed by atoms with van der Waals surface area (Å²) in [7, 11) is 1.58. The summed E-state index contributed by atoms with van der Waals surface area (Å²) in [5.41, 5.74) is 4.45. The van der Waals surface area contributed by atoms with E-state index in [0.29, 0.717) is 30.2 Å². The predicted octanol–water partition coefficient (Wildman–Crippen LogP) is 4.61. The Labute approximate surface area is 177 Å². The van der Waals surface area contributed by atoms with E-state index >= 15 is 0 Å². The number of aromatic nitrogens is 2. The Morgan fingerprint density at radius 3 is 2.57 bits per heavy atom. The van der Waals surface area contributed by atoms with E-state index in [4.69, 9.17) is 9.47 Å². The largest absolute Gasteiger partial charge is 0.493 e. The highest BCUT2D eigenvalue weighted by Crippen LogP contribution is 2.28. The van der Waals surface area contributed by atoms with Crippen molar-refractivity contribution in [2.75, 3.05) is 13.7 Å². The minimum atomic E-state index is -0.167. The number of rotatable bonds is 9. The summed E-state index contributed by atoms with van der Waals surface area (Å²) in [6.07, 6.45) is 2.03. The molecule has 1 heterocycles. The van der Waals surface area contributed by atoms with Crippen LogP contribution in [0, 0.1) is 13.8 Å². The molecule has 0 spiro atoms. The molecule has 30 heavy (non-hydrogen) atoms. The fourth-order valence-corrected chi connectivity index (χ4v) is 3.28. The number of ether oxygens (including phenoxy) is 2. The number of carbonyl (C=O) groups is 1. The first kappa shape index (κ1) is 21.4. The van der Waals surface area contributed by atoms with Crippen molar-refractivity contribution in [3.8, 4) is 17.2 Å². The van der Waals surface area contributed by atoms with Crippen LogP contribution in [0.2, 0.25) is 0 Å². The fraction of sp³-hybridized carbons (Fsp3) is 0.333. The standard InChI is InChI=1S/C24H29N3O3/c1-5-6-14-30-22-13-12-19(15-23(22)29-4)24(28)25-16-21-17(2)26-27(18(21)3)20-10-8-7-9-11-20/h7-13,15H,5-6,14,16H2,1-4H3,(H,25,28). The van der Waals surface area contributed by atoms with Gasteiger partial charge in [0.05, 0.1) is 25.1 Å². The molecule has 0 saturated carbocycles. The predicted molar refractivity (Wildman–Crippen MR) is 118 cm³/mol. The average Bonchev–Trinajstić information content (AvgIpc) is 3.06. The number of hydrogen-bond acceptors (Lipinski definition) is 4. The molecular weight excluding hydrogens is 378 g/mol. The highest BCUT2D eigenvalue weighted by atomic mass is 16.5. The van der Waals surface area contributed by atoms with Crippen LogP contribution in [0.5, 0.6) is 11.5 Å². The summed E-state index contributed by atoms with van der Waals surface area (Å²) < 4.78 is 13.0. The Hall–Kier alpha value is -3.28. The van der Waals surface area contributed by atoms with E-state index in [9.17, 15) is 4.79 Å². The van der Waals surface area contributed by atoms with E-state index < -0.39 is 0 Å². The molecule has 0 unspecified atom stereocenters. The lowest BCUT2D eigenvalue weighted by Crippen LogP contribution is -2.23. The molecule has 1 N–H and O–H groups in total. The Bertz CT molecular complexity index is 996. The van der Waals surface area contributed by atoms with Crippen LogP contribution in [-0.4, -0.2) is 29.4 Å². The monoisotopic (exact) mass is 407 g/mol. The molecule has 158 valence electrons. The summed E-state index contributed by atoms with van der Waals surface area (Å²) >= 11 is 0. The van der Waals surface area contributed by atoms with Gasteiger partial charge in [0.15, 0.2) is 11.5 Å². The third kappa shape index (κ3) is 4.82. The van der Waals surface area contributed by atoms with Crippen molar-refractivity contribution in [2.45, 2.75) is 40.2 Å². The van der Waals surface area contributed by atoms with Crippen molar-refractivity contribution in [1.29, 1.82) is 0 Å². The van der Waals surface area contributed by atoms with Crippen LogP contribution in [0.25, 0.3) is 5.69 Å². The van der Waals surface area contributed by atoms with E-state index in [0.717, 1.165) is 35.5 Å². The maximum Gasteiger partial charge on any atom is 0.251 e. The molecule has 0 aliphatic heterocycles. The Balaban J connectivity index is 1.71. The van der Waals surface area contributed by atoms with Gasteiger partial charge in [-0.1, -0.05) is 31.5 Å². The van der Waals surface area contributed by atoms with Gasteiger partial charge in [0.25, 0.3) is 5.91 Å². The Kier molecular flexibility index (Phi) is 7.12. The third-order valence-electron chi connectivity index (χ3n) is 5.05. The zero-order chi connectivity index (χ0) is 21.5. The summed E-state index contributed by atoms with van der Waals surface area (Å²) in [6, 6.07) is 15.2. The molecule has 0 aliphatic rings. The minimum Gasteiger partial charge on any atom is -0.493 e. The second-order valence-corrected chi connectivity index (χ2v) is 7.15. The smallest absolute Gasteiger partial charge is 0.251 e. The van der Waals surface area contributed by atoms with E-state index in [-0.39, 0.29) is 5.91 Å². The zero-order valence-electron chi connectivity index (χ0n) is 18.1. The molecule has 0 atom stereocenters. The van der Waals surface area contributed by atoms with Gasteiger partial charge in [0, 0.05) is 23.4 Å². The number of aryl methyl sites for hydroxylation is 1. The van der Waals surface area contributed by atoms with Crippen LogP contribution in [0.15, 0.2) is 48.5 Å². The van der Waals surface area contributed by atoms with Crippen LogP contribution in [0.3, 0.4) is 0 Å². The minimum absolute atomic E-state index is 0.167. The maximum absolute atomic E-state index is 12.7. The van der Waals surface area contributed by atoms with Crippen molar-refractivity contribution in [3.63, 3.8) is 0 Å². The number of methoxy groups -OCH3 is 1. The van der Waals surface area contributed by atoms with Gasteiger partial charge in [-0.05, 0) is 50.6 Å². The molecular formula is C24H29N3O3. The van der Waals surface area contributed by atoms with Gasteiger partial charge in [-0.2, -0.15) is 5.10 Å². The van der Waals surface area contributed by atoms with Gasteiger partial charge in [-0.15, -0.1) is 0 Å². The van der Waals surface area contributed by atoms with Gasteiger partial charge in [0.1, 0.15) is 0 Å². The van der Waals surface area contributed by atoms with Crippen molar-refractivity contribution in [3.05, 3.63) is 71.0 Å². The summed E-state index contributed by atoms with van der Waals surface area (Å²) in [5.74, 6) is 1.04. The van der Waals surface area contributed by atoms with E-state index in [2.05, 4.69) is 17.3 Å². The van der Waals surface area contributed by atoms with Crippen LogP contribution in [0.4, 0.5) is 0 Å². The van der Waals surface area contributed by atoms with Gasteiger partial charge < -0.3 is 14.8 Å². The average molecular weight is 408 g/mol. The number of nitrogens with zero attached hydrogens (tertiary/aromatic N) is 2. The van der Waals surface area contributed by atoms with Crippen molar-refractivity contribution in [1.82, 2.24) is 15.1 Å². The molecule has 0 bridgehead atoms. The first-order valence-electron chi connectivity index (χ1n) is 10.2. The highest BCUT2D eigenvalue weighted by molar-refractivity contribution is 5.94. The molecule has 1 aromatic heterocycles. The van der Waals surface area contributed by atoms with Crippen LogP contribution >= 0.6 is 0 Å². The first-order chi connectivity index (χ1) is 14.5. The maximum atomic E-state index is 12.7. The van der Waals surface area contributed by atoms with Crippen LogP contribution < -0.4 is 14.8 Å². The Morgan fingerprint density at radius 1 is 1.10 bits per heavy atom.